The normalized spacial score (nSPS) is 10.1. The zero-order valence-corrected chi connectivity index (χ0v) is 10.7. The average Bonchev–Trinajstić information content (AvgIpc) is 2.02. The van der Waals surface area contributed by atoms with Crippen LogP contribution in [0.15, 0.2) is 18.2 Å². The van der Waals surface area contributed by atoms with Gasteiger partial charge in [0.15, 0.2) is 5.12 Å². The van der Waals surface area contributed by atoms with Crippen LogP contribution in [0.4, 0.5) is 0 Å². The van der Waals surface area contributed by atoms with Gasteiger partial charge in [-0.25, -0.2) is 0 Å². The van der Waals surface area contributed by atoms with Gasteiger partial charge in [0.1, 0.15) is 0 Å². The van der Waals surface area contributed by atoms with Crippen LogP contribution in [0.2, 0.25) is 5.02 Å². The number of hydrogen-bond donors (Lipinski definition) is 0. The van der Waals surface area contributed by atoms with Crippen molar-refractivity contribution in [3.8, 4) is 0 Å². The van der Waals surface area contributed by atoms with Gasteiger partial charge in [0.2, 0.25) is 0 Å². The molecule has 1 rings (SSSR count). The van der Waals surface area contributed by atoms with Crippen molar-refractivity contribution < 1.29 is 4.79 Å². The van der Waals surface area contributed by atoms with Gasteiger partial charge in [-0.15, -0.1) is 0 Å². The molecule has 1 nitrogen and oxygen atoms in total. The zero-order chi connectivity index (χ0) is 9.84. The van der Waals surface area contributed by atoms with Crippen molar-refractivity contribution in [3.05, 3.63) is 32.4 Å². The quantitative estimate of drug-likeness (QED) is 0.771. The summed E-state index contributed by atoms with van der Waals surface area (Å²) < 4.78 is 1.11. The Labute approximate surface area is 100 Å². The van der Waals surface area contributed by atoms with Crippen molar-refractivity contribution >= 4 is 51.1 Å². The van der Waals surface area contributed by atoms with E-state index >= 15 is 0 Å². The fourth-order valence-electron chi connectivity index (χ4n) is 0.818. The molecule has 0 aliphatic heterocycles. The Morgan fingerprint density at radius 3 is 2.85 bits per heavy atom. The average molecular weight is 327 g/mol. The molecule has 0 atom stereocenters. The van der Waals surface area contributed by atoms with Gasteiger partial charge >= 0.3 is 0 Å². The fraction of sp³-hybridized carbons (Fsp3) is 0.222. The van der Waals surface area contributed by atoms with E-state index < -0.39 is 0 Å². The van der Waals surface area contributed by atoms with Gasteiger partial charge in [0.05, 0.1) is 0 Å². The summed E-state index contributed by atoms with van der Waals surface area (Å²) in [5.41, 5.74) is 1.02. The Bertz CT molecular complexity index is 327. The van der Waals surface area contributed by atoms with Crippen molar-refractivity contribution in [3.63, 3.8) is 0 Å². The van der Waals surface area contributed by atoms with Gasteiger partial charge in [-0.1, -0.05) is 29.4 Å². The molecular formula is C9H8ClIOS. The molecule has 0 spiro atoms. The minimum Gasteiger partial charge on any atom is -0.288 e. The van der Waals surface area contributed by atoms with Crippen LogP contribution < -0.4 is 0 Å². The first-order valence-electron chi connectivity index (χ1n) is 3.67. The molecule has 13 heavy (non-hydrogen) atoms. The molecule has 0 aliphatic carbocycles. The monoisotopic (exact) mass is 326 g/mol. The molecule has 0 amide bonds. The smallest absolute Gasteiger partial charge is 0.186 e. The number of halogens is 2. The summed E-state index contributed by atoms with van der Waals surface area (Å²) in [4.78, 5) is 10.7. The van der Waals surface area contributed by atoms with E-state index in [1.54, 1.807) is 6.92 Å². The van der Waals surface area contributed by atoms with Crippen LogP contribution >= 0.6 is 46.0 Å². The number of carbonyl (C=O) groups is 1. The SMILES string of the molecule is CC(=O)SCc1ccc(I)cc1Cl. The van der Waals surface area contributed by atoms with Crippen LogP contribution in [0.3, 0.4) is 0 Å². The highest BCUT2D eigenvalue weighted by Gasteiger charge is 2.02. The highest BCUT2D eigenvalue weighted by molar-refractivity contribution is 14.1. The lowest BCUT2D eigenvalue weighted by molar-refractivity contribution is -0.109. The molecule has 0 bridgehead atoms. The highest BCUT2D eigenvalue weighted by atomic mass is 127. The van der Waals surface area contributed by atoms with Gasteiger partial charge in [0, 0.05) is 21.3 Å². The lowest BCUT2D eigenvalue weighted by atomic mass is 10.2. The molecule has 4 heteroatoms. The third kappa shape index (κ3) is 3.87. The maximum Gasteiger partial charge on any atom is 0.186 e. The summed E-state index contributed by atoms with van der Waals surface area (Å²) in [6.45, 7) is 1.56. The van der Waals surface area contributed by atoms with Crippen LogP contribution in [0, 0.1) is 3.57 Å². The van der Waals surface area contributed by atoms with Crippen molar-refractivity contribution in [1.29, 1.82) is 0 Å². The van der Waals surface area contributed by atoms with E-state index in [-0.39, 0.29) is 5.12 Å². The summed E-state index contributed by atoms with van der Waals surface area (Å²) in [5.74, 6) is 0.658. The summed E-state index contributed by atoms with van der Waals surface area (Å²) in [6, 6.07) is 5.85. The zero-order valence-electron chi connectivity index (χ0n) is 7.01. The summed E-state index contributed by atoms with van der Waals surface area (Å²) >= 11 is 9.47. The molecule has 0 radical (unpaired) electrons. The maximum absolute atomic E-state index is 10.7. The molecule has 1 aromatic rings. The van der Waals surface area contributed by atoms with Gasteiger partial charge in [-0.3, -0.25) is 4.79 Å². The number of carbonyl (C=O) groups excluding carboxylic acids is 1. The van der Waals surface area contributed by atoms with Crippen LogP contribution in [0.25, 0.3) is 0 Å². The Kier molecular flexibility index (Phi) is 4.55. The molecule has 0 unspecified atom stereocenters. The van der Waals surface area contributed by atoms with E-state index in [0.717, 1.165) is 14.2 Å². The lowest BCUT2D eigenvalue weighted by Gasteiger charge is -2.02. The van der Waals surface area contributed by atoms with E-state index in [1.165, 1.54) is 11.8 Å². The van der Waals surface area contributed by atoms with Crippen LogP contribution in [0.1, 0.15) is 12.5 Å². The van der Waals surface area contributed by atoms with E-state index in [9.17, 15) is 4.79 Å². The summed E-state index contributed by atoms with van der Waals surface area (Å²) in [7, 11) is 0. The number of benzene rings is 1. The third-order valence-electron chi connectivity index (χ3n) is 1.45. The first-order valence-corrected chi connectivity index (χ1v) is 6.11. The summed E-state index contributed by atoms with van der Waals surface area (Å²) in [5, 5.41) is 0.857. The second-order valence-corrected chi connectivity index (χ2v) is 5.32. The molecule has 0 N–H and O–H groups in total. The van der Waals surface area contributed by atoms with Gasteiger partial charge in [-0.2, -0.15) is 0 Å². The number of hydrogen-bond acceptors (Lipinski definition) is 2. The second kappa shape index (κ2) is 5.22. The Morgan fingerprint density at radius 1 is 1.62 bits per heavy atom. The van der Waals surface area contributed by atoms with Crippen molar-refractivity contribution in [2.45, 2.75) is 12.7 Å². The first kappa shape index (κ1) is 11.3. The minimum atomic E-state index is 0.120. The number of thioether (sulfide) groups is 1. The van der Waals surface area contributed by atoms with Crippen LogP contribution in [-0.2, 0) is 10.5 Å². The van der Waals surface area contributed by atoms with Gasteiger partial charge in [0.25, 0.3) is 0 Å². The Hall–Kier alpha value is 0.260. The molecule has 0 fully saturated rings. The standard InChI is InChI=1S/C9H8ClIOS/c1-6(12)13-5-7-2-3-8(11)4-9(7)10/h2-4H,5H2,1H3. The fourth-order valence-corrected chi connectivity index (χ4v) is 2.43. The molecule has 0 heterocycles. The molecule has 0 saturated carbocycles. The van der Waals surface area contributed by atoms with Crippen molar-refractivity contribution in [2.24, 2.45) is 0 Å². The van der Waals surface area contributed by atoms with E-state index in [1.807, 2.05) is 18.2 Å². The summed E-state index contributed by atoms with van der Waals surface area (Å²) in [6.07, 6.45) is 0. The Morgan fingerprint density at radius 2 is 2.31 bits per heavy atom. The van der Waals surface area contributed by atoms with E-state index in [0.29, 0.717) is 5.75 Å². The molecule has 1 aromatic carbocycles. The predicted molar refractivity (Wildman–Crippen MR) is 66.1 cm³/mol. The maximum atomic E-state index is 10.7. The first-order chi connectivity index (χ1) is 6.09. The van der Waals surface area contributed by atoms with Gasteiger partial charge in [-0.05, 0) is 40.3 Å². The molecule has 0 saturated heterocycles. The largest absolute Gasteiger partial charge is 0.288 e. The Balaban J connectivity index is 2.72. The van der Waals surface area contributed by atoms with Crippen molar-refractivity contribution in [1.82, 2.24) is 0 Å². The molecule has 0 aliphatic rings. The van der Waals surface area contributed by atoms with Crippen LogP contribution in [0.5, 0.6) is 0 Å². The topological polar surface area (TPSA) is 17.1 Å². The van der Waals surface area contributed by atoms with Crippen molar-refractivity contribution in [2.75, 3.05) is 0 Å². The highest BCUT2D eigenvalue weighted by Crippen LogP contribution is 2.23. The second-order valence-electron chi connectivity index (χ2n) is 2.52. The minimum absolute atomic E-state index is 0.120. The third-order valence-corrected chi connectivity index (χ3v) is 3.33. The van der Waals surface area contributed by atoms with Crippen LogP contribution in [-0.4, -0.2) is 5.12 Å². The predicted octanol–water partition coefficient (Wildman–Crippen LogP) is 3.72. The molecule has 0 aromatic heterocycles. The lowest BCUT2D eigenvalue weighted by Crippen LogP contribution is -1.87. The number of rotatable bonds is 2. The molecule has 70 valence electrons. The molecular weight excluding hydrogens is 319 g/mol. The van der Waals surface area contributed by atoms with E-state index in [2.05, 4.69) is 22.6 Å². The van der Waals surface area contributed by atoms with Gasteiger partial charge < -0.3 is 0 Å². The van der Waals surface area contributed by atoms with E-state index in [4.69, 9.17) is 11.6 Å².